The van der Waals surface area contributed by atoms with E-state index in [1.54, 1.807) is 18.2 Å². The molecule has 0 aliphatic rings. The summed E-state index contributed by atoms with van der Waals surface area (Å²) >= 11 is 11.5. The smallest absolute Gasteiger partial charge is 0.149 e. The topological polar surface area (TPSA) is 60.2 Å². The third-order valence-electron chi connectivity index (χ3n) is 1.85. The first-order valence-electron chi connectivity index (χ1n) is 4.18. The summed E-state index contributed by atoms with van der Waals surface area (Å²) in [5.41, 5.74) is 6.38. The van der Waals surface area contributed by atoms with Crippen molar-refractivity contribution in [3.63, 3.8) is 0 Å². The molecule has 0 radical (unpaired) electrons. The molecule has 1 atom stereocenters. The molecule has 1 rings (SSSR count). The zero-order valence-electron chi connectivity index (χ0n) is 8.07. The van der Waals surface area contributed by atoms with E-state index in [0.717, 1.165) is 6.26 Å². The van der Waals surface area contributed by atoms with Crippen molar-refractivity contribution in [3.05, 3.63) is 33.8 Å². The van der Waals surface area contributed by atoms with E-state index >= 15 is 0 Å². The predicted molar refractivity (Wildman–Crippen MR) is 63.1 cm³/mol. The fourth-order valence-electron chi connectivity index (χ4n) is 1.17. The number of benzene rings is 1. The molecule has 1 aromatic carbocycles. The first-order valence-corrected chi connectivity index (χ1v) is 6.99. The molecular formula is C9H11Cl2NO2S. The first-order chi connectivity index (χ1) is 6.79. The molecule has 3 nitrogen and oxygen atoms in total. The summed E-state index contributed by atoms with van der Waals surface area (Å²) < 4.78 is 22.1. The lowest BCUT2D eigenvalue weighted by atomic mass is 10.1. The zero-order chi connectivity index (χ0) is 11.6. The van der Waals surface area contributed by atoms with E-state index in [1.165, 1.54) is 0 Å². The minimum atomic E-state index is -3.10. The maximum absolute atomic E-state index is 11.0. The molecule has 1 aromatic rings. The van der Waals surface area contributed by atoms with Gasteiger partial charge in [-0.1, -0.05) is 29.3 Å². The van der Waals surface area contributed by atoms with E-state index in [0.29, 0.717) is 15.6 Å². The molecule has 15 heavy (non-hydrogen) atoms. The van der Waals surface area contributed by atoms with Gasteiger partial charge in [0, 0.05) is 12.3 Å². The Bertz CT molecular complexity index is 459. The summed E-state index contributed by atoms with van der Waals surface area (Å²) in [5.74, 6) is -0.106. The van der Waals surface area contributed by atoms with Gasteiger partial charge in [0.25, 0.3) is 0 Å². The molecule has 1 unspecified atom stereocenters. The summed E-state index contributed by atoms with van der Waals surface area (Å²) in [6.45, 7) is 0. The van der Waals surface area contributed by atoms with Gasteiger partial charge < -0.3 is 5.73 Å². The van der Waals surface area contributed by atoms with Crippen LogP contribution < -0.4 is 5.73 Å². The van der Waals surface area contributed by atoms with Crippen LogP contribution in [0.1, 0.15) is 11.6 Å². The highest BCUT2D eigenvalue weighted by atomic mass is 35.5. The maximum atomic E-state index is 11.0. The lowest BCUT2D eigenvalue weighted by Gasteiger charge is -2.11. The number of rotatable bonds is 3. The van der Waals surface area contributed by atoms with E-state index < -0.39 is 15.9 Å². The van der Waals surface area contributed by atoms with Crippen LogP contribution >= 0.6 is 23.2 Å². The van der Waals surface area contributed by atoms with E-state index in [2.05, 4.69) is 0 Å². The molecule has 0 bridgehead atoms. The molecule has 0 fully saturated rings. The predicted octanol–water partition coefficient (Wildman–Crippen LogP) is 2.04. The van der Waals surface area contributed by atoms with Crippen LogP contribution in [0, 0.1) is 0 Å². The van der Waals surface area contributed by atoms with Crippen molar-refractivity contribution in [1.29, 1.82) is 0 Å². The van der Waals surface area contributed by atoms with E-state index in [1.807, 2.05) is 0 Å². The fourth-order valence-corrected chi connectivity index (χ4v) is 2.32. The summed E-state index contributed by atoms with van der Waals surface area (Å²) in [6.07, 6.45) is 1.14. The third kappa shape index (κ3) is 3.99. The minimum Gasteiger partial charge on any atom is -0.323 e. The number of sulfone groups is 1. The molecule has 0 heterocycles. The number of nitrogens with two attached hydrogens (primary N) is 1. The second-order valence-electron chi connectivity index (χ2n) is 3.37. The molecule has 0 aliphatic carbocycles. The Morgan fingerprint density at radius 2 is 1.93 bits per heavy atom. The van der Waals surface area contributed by atoms with Crippen LogP contribution in [0.15, 0.2) is 18.2 Å². The van der Waals surface area contributed by atoms with Crippen LogP contribution in [0.25, 0.3) is 0 Å². The van der Waals surface area contributed by atoms with Crippen LogP contribution in [0.5, 0.6) is 0 Å². The Morgan fingerprint density at radius 1 is 1.33 bits per heavy atom. The normalized spacial score (nSPS) is 13.9. The van der Waals surface area contributed by atoms with E-state index in [4.69, 9.17) is 28.9 Å². The standard InChI is InChI=1S/C9H11Cl2NO2S/c1-15(13,14)5-9(12)6-2-3-7(10)8(11)4-6/h2-4,9H,5,12H2,1H3. The molecule has 0 amide bonds. The van der Waals surface area contributed by atoms with E-state index in [9.17, 15) is 8.42 Å². The molecular weight excluding hydrogens is 257 g/mol. The van der Waals surface area contributed by atoms with Gasteiger partial charge in [0.05, 0.1) is 15.8 Å². The van der Waals surface area contributed by atoms with Gasteiger partial charge in [-0.15, -0.1) is 0 Å². The average Bonchev–Trinajstić information content (AvgIpc) is 2.06. The van der Waals surface area contributed by atoms with Crippen LogP contribution in [0.3, 0.4) is 0 Å². The van der Waals surface area contributed by atoms with Crippen molar-refractivity contribution in [3.8, 4) is 0 Å². The Balaban J connectivity index is 2.92. The van der Waals surface area contributed by atoms with Crippen LogP contribution in [-0.2, 0) is 9.84 Å². The summed E-state index contributed by atoms with van der Waals surface area (Å²) in [6, 6.07) is 4.28. The first kappa shape index (κ1) is 12.8. The molecule has 0 aromatic heterocycles. The monoisotopic (exact) mass is 267 g/mol. The van der Waals surface area contributed by atoms with Gasteiger partial charge in [-0.2, -0.15) is 0 Å². The maximum Gasteiger partial charge on any atom is 0.149 e. The van der Waals surface area contributed by atoms with Crippen molar-refractivity contribution < 1.29 is 8.42 Å². The van der Waals surface area contributed by atoms with Gasteiger partial charge in [0.2, 0.25) is 0 Å². The highest BCUT2D eigenvalue weighted by Crippen LogP contribution is 2.25. The lowest BCUT2D eigenvalue weighted by molar-refractivity contribution is 0.595. The van der Waals surface area contributed by atoms with Gasteiger partial charge in [-0.3, -0.25) is 0 Å². The summed E-state index contributed by atoms with van der Waals surface area (Å²) in [4.78, 5) is 0. The van der Waals surface area contributed by atoms with E-state index in [-0.39, 0.29) is 5.75 Å². The van der Waals surface area contributed by atoms with Crippen molar-refractivity contribution >= 4 is 33.0 Å². The molecule has 0 saturated heterocycles. The van der Waals surface area contributed by atoms with Crippen LogP contribution in [0.2, 0.25) is 10.0 Å². The minimum absolute atomic E-state index is 0.106. The average molecular weight is 268 g/mol. The van der Waals surface area contributed by atoms with Crippen molar-refractivity contribution in [2.75, 3.05) is 12.0 Å². The molecule has 0 spiro atoms. The fraction of sp³-hybridized carbons (Fsp3) is 0.333. The highest BCUT2D eigenvalue weighted by Gasteiger charge is 2.13. The SMILES string of the molecule is CS(=O)(=O)CC(N)c1ccc(Cl)c(Cl)c1. The lowest BCUT2D eigenvalue weighted by Crippen LogP contribution is -2.20. The van der Waals surface area contributed by atoms with Crippen molar-refractivity contribution in [2.24, 2.45) is 5.73 Å². The third-order valence-corrected chi connectivity index (χ3v) is 3.56. The second kappa shape index (κ2) is 4.70. The summed E-state index contributed by atoms with van der Waals surface area (Å²) in [5, 5.41) is 0.796. The quantitative estimate of drug-likeness (QED) is 0.912. The Kier molecular flexibility index (Phi) is 4.00. The zero-order valence-corrected chi connectivity index (χ0v) is 10.4. The van der Waals surface area contributed by atoms with Crippen molar-refractivity contribution in [2.45, 2.75) is 6.04 Å². The Morgan fingerprint density at radius 3 is 2.40 bits per heavy atom. The molecule has 0 aliphatic heterocycles. The molecule has 84 valence electrons. The number of halogens is 2. The van der Waals surface area contributed by atoms with Crippen LogP contribution in [-0.4, -0.2) is 20.4 Å². The largest absolute Gasteiger partial charge is 0.323 e. The molecule has 0 saturated carbocycles. The second-order valence-corrected chi connectivity index (χ2v) is 6.37. The van der Waals surface area contributed by atoms with Gasteiger partial charge in [-0.05, 0) is 17.7 Å². The van der Waals surface area contributed by atoms with Gasteiger partial charge in [-0.25, -0.2) is 8.42 Å². The number of hydrogen-bond acceptors (Lipinski definition) is 3. The molecule has 6 heteroatoms. The Hall–Kier alpha value is -0.290. The van der Waals surface area contributed by atoms with Gasteiger partial charge >= 0.3 is 0 Å². The molecule has 2 N–H and O–H groups in total. The number of hydrogen-bond donors (Lipinski definition) is 1. The summed E-state index contributed by atoms with van der Waals surface area (Å²) in [7, 11) is -3.10. The van der Waals surface area contributed by atoms with Gasteiger partial charge in [0.15, 0.2) is 0 Å². The highest BCUT2D eigenvalue weighted by molar-refractivity contribution is 7.90. The van der Waals surface area contributed by atoms with Crippen LogP contribution in [0.4, 0.5) is 0 Å². The van der Waals surface area contributed by atoms with Crippen molar-refractivity contribution in [1.82, 2.24) is 0 Å². The van der Waals surface area contributed by atoms with Gasteiger partial charge in [0.1, 0.15) is 9.84 Å². The Labute approximate surface area is 99.1 Å².